The molecule has 3 heterocycles. The molecular weight excluding hydrogens is 492 g/mol. The summed E-state index contributed by atoms with van der Waals surface area (Å²) in [7, 11) is 1.68. The molecule has 1 fully saturated rings. The lowest BCUT2D eigenvalue weighted by atomic mass is 9.77. The van der Waals surface area contributed by atoms with E-state index in [4.69, 9.17) is 8.95 Å². The van der Waals surface area contributed by atoms with E-state index in [1.165, 1.54) is 0 Å². The van der Waals surface area contributed by atoms with Gasteiger partial charge in [0.15, 0.2) is 16.3 Å². The van der Waals surface area contributed by atoms with Gasteiger partial charge < -0.3 is 18.8 Å². The van der Waals surface area contributed by atoms with Crippen LogP contribution in [0.2, 0.25) is 18.1 Å². The van der Waals surface area contributed by atoms with Gasteiger partial charge in [-0.15, -0.1) is 0 Å². The Bertz CT molecular complexity index is 969. The van der Waals surface area contributed by atoms with Gasteiger partial charge in [0.2, 0.25) is 5.91 Å². The number of carbonyl (C=O) groups is 2. The first-order chi connectivity index (χ1) is 17.1. The van der Waals surface area contributed by atoms with Gasteiger partial charge in [0.05, 0.1) is 29.5 Å². The highest BCUT2D eigenvalue weighted by Crippen LogP contribution is 2.49. The molecule has 0 spiro atoms. The van der Waals surface area contributed by atoms with Gasteiger partial charge in [-0.25, -0.2) is 4.79 Å². The van der Waals surface area contributed by atoms with Crippen LogP contribution in [-0.4, -0.2) is 73.7 Å². The number of carbonyl (C=O) groups excluding carboxylic acids is 2. The van der Waals surface area contributed by atoms with Crippen molar-refractivity contribution in [3.63, 3.8) is 0 Å². The molecule has 1 amide bonds. The number of fused-ring (bicyclic) bond motifs is 1. The minimum absolute atomic E-state index is 0.0201. The molecular formula is C24H41BN5O4PSi. The van der Waals surface area contributed by atoms with E-state index in [1.807, 2.05) is 20.9 Å². The topological polar surface area (TPSA) is 96.9 Å². The Labute approximate surface area is 219 Å². The highest BCUT2D eigenvalue weighted by Gasteiger charge is 2.60. The molecule has 1 unspecified atom stereocenters. The van der Waals surface area contributed by atoms with Crippen molar-refractivity contribution in [3.05, 3.63) is 35.1 Å². The van der Waals surface area contributed by atoms with Gasteiger partial charge in [0.25, 0.3) is 0 Å². The van der Waals surface area contributed by atoms with Gasteiger partial charge in [-0.05, 0) is 44.6 Å². The van der Waals surface area contributed by atoms with Crippen molar-refractivity contribution < 1.29 is 18.5 Å². The molecule has 0 saturated carbocycles. The van der Waals surface area contributed by atoms with Gasteiger partial charge in [-0.3, -0.25) is 19.7 Å². The van der Waals surface area contributed by atoms with Crippen molar-refractivity contribution in [3.8, 4) is 0 Å². The Morgan fingerprint density at radius 2 is 1.92 bits per heavy atom. The predicted octanol–water partition coefficient (Wildman–Crippen LogP) is 2.55. The lowest BCUT2D eigenvalue weighted by molar-refractivity contribution is -0.161. The average molecular weight is 533 g/mol. The molecule has 3 rings (SSSR count). The van der Waals surface area contributed by atoms with Crippen molar-refractivity contribution in [2.75, 3.05) is 13.6 Å². The molecule has 0 aliphatic carbocycles. The third kappa shape index (κ3) is 5.75. The molecule has 5 atom stereocenters. The highest BCUT2D eigenvalue weighted by atomic mass is 31.1. The molecule has 0 aromatic carbocycles. The first-order valence-electron chi connectivity index (χ1n) is 13.0. The highest BCUT2D eigenvalue weighted by molar-refractivity contribution is 7.32. The Morgan fingerprint density at radius 3 is 2.47 bits per heavy atom. The summed E-state index contributed by atoms with van der Waals surface area (Å²) >= 11 is 0. The molecule has 0 bridgehead atoms. The number of hydrogen-bond acceptors (Lipinski definition) is 8. The van der Waals surface area contributed by atoms with E-state index in [9.17, 15) is 9.59 Å². The number of amides is 1. The Hall–Kier alpha value is -1.65. The molecule has 36 heavy (non-hydrogen) atoms. The zero-order valence-electron chi connectivity index (χ0n) is 22.9. The van der Waals surface area contributed by atoms with Crippen LogP contribution < -0.4 is 5.00 Å². The summed E-state index contributed by atoms with van der Waals surface area (Å²) in [6.07, 6.45) is 3.35. The van der Waals surface area contributed by atoms with Crippen LogP contribution in [0.1, 0.15) is 46.0 Å². The molecule has 1 N–H and O–H groups in total. The first kappa shape index (κ1) is 28.9. The van der Waals surface area contributed by atoms with Gasteiger partial charge in [0.1, 0.15) is 14.7 Å². The van der Waals surface area contributed by atoms with Gasteiger partial charge >= 0.3 is 5.97 Å². The number of nitrogens with zero attached hydrogens (tertiary/aromatic N) is 4. The summed E-state index contributed by atoms with van der Waals surface area (Å²) in [6, 6.07) is 3.02. The fraction of sp³-hybridized carbons (Fsp3) is 0.667. The Morgan fingerprint density at radius 1 is 1.25 bits per heavy atom. The zero-order chi connectivity index (χ0) is 26.6. The van der Waals surface area contributed by atoms with Crippen molar-refractivity contribution in [1.29, 1.82) is 0 Å². The molecule has 9 nitrogen and oxygen atoms in total. The summed E-state index contributed by atoms with van der Waals surface area (Å²) in [6.45, 7) is 13.8. The average Bonchev–Trinajstić information content (AvgIpc) is 3.10. The standard InChI is InChI=1S/C24H41BN5O4PSi/c1-8-36(9-2,10-3)34-17(6)20-21-16(5)19(14-29(7)13-18-12-26-15(4)11-27-18)22(30(21)23(20)31)24(32)33-35-28-25/h11-12,16-17,20-21,28,35H,8-10,13-14,25H2,1-7H3/t16-,17+,20+,21+/m0/s1. The smallest absolute Gasteiger partial charge is 0.358 e. The summed E-state index contributed by atoms with van der Waals surface area (Å²) in [5.41, 5.74) is 3.06. The van der Waals surface area contributed by atoms with Crippen LogP contribution >= 0.6 is 8.96 Å². The molecule has 0 radical (unpaired) electrons. The SMILES string of the molecule is BNPOC(=O)C1=C(CN(C)Cc2cnc(C)cn2)[C@H](C)[C@@H]2[C@@H]([C@@H](C)O[Si](CC)(CC)CC)C(=O)N12. The minimum atomic E-state index is -1.87. The zero-order valence-corrected chi connectivity index (χ0v) is 24.9. The summed E-state index contributed by atoms with van der Waals surface area (Å²) in [5, 5.41) is 0. The largest absolute Gasteiger partial charge is 0.428 e. The van der Waals surface area contributed by atoms with Crippen LogP contribution in [0.5, 0.6) is 0 Å². The minimum Gasteiger partial charge on any atom is -0.428 e. The number of aryl methyl sites for hydroxylation is 1. The van der Waals surface area contributed by atoms with Crippen molar-refractivity contribution >= 4 is 37.1 Å². The van der Waals surface area contributed by atoms with Crippen molar-refractivity contribution in [2.24, 2.45) is 11.8 Å². The normalized spacial score (nSPS) is 22.9. The predicted molar refractivity (Wildman–Crippen MR) is 147 cm³/mol. The van der Waals surface area contributed by atoms with E-state index in [-0.39, 0.29) is 38.8 Å². The monoisotopic (exact) mass is 533 g/mol. The van der Waals surface area contributed by atoms with E-state index >= 15 is 0 Å². The van der Waals surface area contributed by atoms with Crippen LogP contribution in [0.3, 0.4) is 0 Å². The maximum Gasteiger partial charge on any atom is 0.358 e. The van der Waals surface area contributed by atoms with E-state index in [0.717, 1.165) is 35.1 Å². The summed E-state index contributed by atoms with van der Waals surface area (Å²) < 4.78 is 12.2. The maximum absolute atomic E-state index is 13.5. The Kier molecular flexibility index (Phi) is 9.85. The number of aromatic nitrogens is 2. The van der Waals surface area contributed by atoms with Crippen LogP contribution in [-0.2, 0) is 25.1 Å². The van der Waals surface area contributed by atoms with Gasteiger partial charge in [-0.1, -0.05) is 27.7 Å². The fourth-order valence-electron chi connectivity index (χ4n) is 5.57. The maximum atomic E-state index is 13.5. The van der Waals surface area contributed by atoms with Crippen molar-refractivity contribution in [2.45, 2.75) is 78.4 Å². The fourth-order valence-corrected chi connectivity index (χ4v) is 8.79. The van der Waals surface area contributed by atoms with Crippen molar-refractivity contribution in [1.82, 2.24) is 24.8 Å². The lowest BCUT2D eigenvalue weighted by Gasteiger charge is -2.49. The second kappa shape index (κ2) is 12.3. The number of hydrogen-bond donors (Lipinski definition) is 1. The lowest BCUT2D eigenvalue weighted by Crippen LogP contribution is -2.65. The molecule has 1 saturated heterocycles. The van der Waals surface area contributed by atoms with E-state index in [1.54, 1.807) is 25.3 Å². The molecule has 198 valence electrons. The van der Waals surface area contributed by atoms with Crippen LogP contribution in [0.4, 0.5) is 0 Å². The quantitative estimate of drug-likeness (QED) is 0.235. The van der Waals surface area contributed by atoms with Gasteiger partial charge in [-0.2, -0.15) is 0 Å². The first-order valence-corrected chi connectivity index (χ1v) is 16.4. The van der Waals surface area contributed by atoms with E-state index in [2.05, 4.69) is 47.6 Å². The number of nitrogens with one attached hydrogen (secondary N) is 1. The van der Waals surface area contributed by atoms with Crippen LogP contribution in [0.25, 0.3) is 0 Å². The Balaban J connectivity index is 1.84. The third-order valence-electron chi connectivity index (χ3n) is 7.82. The molecule has 1 aromatic rings. The van der Waals surface area contributed by atoms with Crippen LogP contribution in [0.15, 0.2) is 23.7 Å². The summed E-state index contributed by atoms with van der Waals surface area (Å²) in [4.78, 5) is 42.1. The third-order valence-corrected chi connectivity index (χ3v) is 13.0. The number of β-lactam (4-membered cyclic amide) rings is 1. The second-order valence-electron chi connectivity index (χ2n) is 10.0. The molecule has 1 aromatic heterocycles. The van der Waals surface area contributed by atoms with Crippen LogP contribution in [0, 0.1) is 18.8 Å². The molecule has 2 aliphatic rings. The molecule has 12 heteroatoms. The van der Waals surface area contributed by atoms with E-state index in [0.29, 0.717) is 18.8 Å². The summed E-state index contributed by atoms with van der Waals surface area (Å²) in [5.74, 6) is -0.716. The second-order valence-corrected chi connectivity index (χ2v) is 15.6. The number of rotatable bonds is 13. The number of likely N-dealkylation sites (N-methyl/N-ethyl adjacent to an activating group) is 1. The van der Waals surface area contributed by atoms with E-state index < -0.39 is 14.3 Å². The van der Waals surface area contributed by atoms with Gasteiger partial charge in [0, 0.05) is 31.4 Å². The molecule has 2 aliphatic heterocycles.